The summed E-state index contributed by atoms with van der Waals surface area (Å²) in [5.74, 6) is 0. The fourth-order valence-corrected chi connectivity index (χ4v) is 8.25. The van der Waals surface area contributed by atoms with Gasteiger partial charge in [0.2, 0.25) is 0 Å². The molecule has 0 amide bonds. The molecular weight excluding hydrogens is 569 g/mol. The lowest BCUT2D eigenvalue weighted by Crippen LogP contribution is -2.14. The van der Waals surface area contributed by atoms with Crippen molar-refractivity contribution in [3.63, 3.8) is 0 Å². The number of fused-ring (bicyclic) bond motifs is 9. The van der Waals surface area contributed by atoms with E-state index in [0.717, 1.165) is 0 Å². The van der Waals surface area contributed by atoms with Crippen LogP contribution in [-0.2, 0) is 5.41 Å². The zero-order valence-electron chi connectivity index (χ0n) is 26.4. The molecule has 0 radical (unpaired) electrons. The highest BCUT2D eigenvalue weighted by molar-refractivity contribution is 6.13. The van der Waals surface area contributed by atoms with E-state index in [-0.39, 0.29) is 5.41 Å². The molecule has 0 unspecified atom stereocenters. The molecule has 7 aromatic carbocycles. The van der Waals surface area contributed by atoms with E-state index in [1.54, 1.807) is 0 Å². The standard InChI is InChI=1S/C45H32N2/c1-45(2)39-17-9-6-14-33(39)36-27-38-37-26-32(47-41-18-10-7-15-34(41)35-16-8-11-19-42(35)47)24-25-43(37)46(44(38)28-40(36)45)31-22-20-30(21-23-31)29-12-4-3-5-13-29/h3-28H,1-2H3. The molecule has 2 nitrogen and oxygen atoms in total. The lowest BCUT2D eigenvalue weighted by atomic mass is 9.82. The largest absolute Gasteiger partial charge is 0.309 e. The summed E-state index contributed by atoms with van der Waals surface area (Å²) in [6.45, 7) is 4.73. The minimum Gasteiger partial charge on any atom is -0.309 e. The third-order valence-corrected chi connectivity index (χ3v) is 10.5. The molecule has 2 heterocycles. The predicted molar refractivity (Wildman–Crippen MR) is 198 cm³/mol. The number of rotatable bonds is 3. The van der Waals surface area contributed by atoms with Gasteiger partial charge in [0, 0.05) is 38.3 Å². The third-order valence-electron chi connectivity index (χ3n) is 10.5. The number of nitrogens with zero attached hydrogens (tertiary/aromatic N) is 2. The summed E-state index contributed by atoms with van der Waals surface area (Å²) in [5.41, 5.74) is 15.1. The predicted octanol–water partition coefficient (Wildman–Crippen LogP) is 11.9. The summed E-state index contributed by atoms with van der Waals surface area (Å²) < 4.78 is 4.89. The first-order valence-corrected chi connectivity index (χ1v) is 16.4. The average molecular weight is 601 g/mol. The van der Waals surface area contributed by atoms with E-state index in [2.05, 4.69) is 181 Å². The lowest BCUT2D eigenvalue weighted by molar-refractivity contribution is 0.661. The van der Waals surface area contributed by atoms with Gasteiger partial charge >= 0.3 is 0 Å². The molecule has 0 bridgehead atoms. The van der Waals surface area contributed by atoms with Crippen LogP contribution in [0.3, 0.4) is 0 Å². The van der Waals surface area contributed by atoms with Crippen molar-refractivity contribution in [2.75, 3.05) is 0 Å². The van der Waals surface area contributed by atoms with Crippen LogP contribution >= 0.6 is 0 Å². The summed E-state index contributed by atoms with van der Waals surface area (Å²) in [5, 5.41) is 5.10. The molecule has 2 heteroatoms. The fraction of sp³-hybridized carbons (Fsp3) is 0.0667. The Morgan fingerprint density at radius 1 is 0.362 bits per heavy atom. The molecule has 1 aliphatic carbocycles. The first kappa shape index (κ1) is 26.4. The molecule has 47 heavy (non-hydrogen) atoms. The van der Waals surface area contributed by atoms with Crippen molar-refractivity contribution < 1.29 is 0 Å². The van der Waals surface area contributed by atoms with Gasteiger partial charge in [-0.2, -0.15) is 0 Å². The molecule has 2 aromatic heterocycles. The molecule has 0 aliphatic heterocycles. The van der Waals surface area contributed by atoms with Crippen LogP contribution in [-0.4, -0.2) is 9.13 Å². The van der Waals surface area contributed by atoms with Crippen LogP contribution in [0, 0.1) is 0 Å². The van der Waals surface area contributed by atoms with Crippen LogP contribution in [0.2, 0.25) is 0 Å². The van der Waals surface area contributed by atoms with Gasteiger partial charge in [-0.15, -0.1) is 0 Å². The Balaban J connectivity index is 1.27. The van der Waals surface area contributed by atoms with E-state index < -0.39 is 0 Å². The van der Waals surface area contributed by atoms with Crippen molar-refractivity contribution in [2.24, 2.45) is 0 Å². The van der Waals surface area contributed by atoms with Gasteiger partial charge in [-0.1, -0.05) is 117 Å². The minimum absolute atomic E-state index is 0.0767. The molecule has 9 aromatic rings. The molecule has 0 spiro atoms. The maximum atomic E-state index is 2.47. The zero-order valence-corrected chi connectivity index (χ0v) is 26.4. The number of hydrogen-bond acceptors (Lipinski definition) is 0. The Labute approximate surface area is 273 Å². The number of benzene rings is 7. The van der Waals surface area contributed by atoms with Crippen LogP contribution in [0.5, 0.6) is 0 Å². The van der Waals surface area contributed by atoms with Crippen molar-refractivity contribution in [2.45, 2.75) is 19.3 Å². The smallest absolute Gasteiger partial charge is 0.0544 e. The lowest BCUT2D eigenvalue weighted by Gasteiger charge is -2.21. The first-order chi connectivity index (χ1) is 23.1. The van der Waals surface area contributed by atoms with E-state index in [1.807, 2.05) is 0 Å². The maximum absolute atomic E-state index is 2.47. The van der Waals surface area contributed by atoms with Gasteiger partial charge in [-0.05, 0) is 88.0 Å². The minimum atomic E-state index is -0.0767. The third kappa shape index (κ3) is 3.67. The summed E-state index contributed by atoms with van der Waals surface area (Å²) in [6, 6.07) is 58.1. The fourth-order valence-electron chi connectivity index (χ4n) is 8.25. The second kappa shape index (κ2) is 9.57. The second-order valence-electron chi connectivity index (χ2n) is 13.4. The van der Waals surface area contributed by atoms with E-state index in [0.29, 0.717) is 0 Å². The van der Waals surface area contributed by atoms with Crippen molar-refractivity contribution in [3.8, 4) is 33.6 Å². The molecule has 222 valence electrons. The number of hydrogen-bond donors (Lipinski definition) is 0. The molecular formula is C45H32N2. The summed E-state index contributed by atoms with van der Waals surface area (Å²) >= 11 is 0. The average Bonchev–Trinajstić information content (AvgIpc) is 3.71. The van der Waals surface area contributed by atoms with Gasteiger partial charge in [0.15, 0.2) is 0 Å². The summed E-state index contributed by atoms with van der Waals surface area (Å²) in [6.07, 6.45) is 0. The van der Waals surface area contributed by atoms with Crippen LogP contribution in [0.4, 0.5) is 0 Å². The quantitative estimate of drug-likeness (QED) is 0.191. The summed E-state index contributed by atoms with van der Waals surface area (Å²) in [7, 11) is 0. The molecule has 10 rings (SSSR count). The highest BCUT2D eigenvalue weighted by atomic mass is 15.0. The van der Waals surface area contributed by atoms with Gasteiger partial charge in [-0.25, -0.2) is 0 Å². The first-order valence-electron chi connectivity index (χ1n) is 16.4. The molecule has 0 N–H and O–H groups in total. The second-order valence-corrected chi connectivity index (χ2v) is 13.4. The van der Waals surface area contributed by atoms with E-state index in [1.165, 1.54) is 88.4 Å². The van der Waals surface area contributed by atoms with Crippen LogP contribution < -0.4 is 0 Å². The van der Waals surface area contributed by atoms with E-state index in [9.17, 15) is 0 Å². The molecule has 0 atom stereocenters. The van der Waals surface area contributed by atoms with Crippen LogP contribution in [0.1, 0.15) is 25.0 Å². The normalized spacial score (nSPS) is 13.5. The highest BCUT2D eigenvalue weighted by Gasteiger charge is 2.36. The topological polar surface area (TPSA) is 9.86 Å². The van der Waals surface area contributed by atoms with Crippen molar-refractivity contribution in [3.05, 3.63) is 169 Å². The number of para-hydroxylation sites is 2. The number of aromatic nitrogens is 2. The Hall–Kier alpha value is -5.86. The molecule has 1 aliphatic rings. The molecule has 0 fully saturated rings. The van der Waals surface area contributed by atoms with Gasteiger partial charge < -0.3 is 9.13 Å². The van der Waals surface area contributed by atoms with Gasteiger partial charge in [0.1, 0.15) is 0 Å². The molecule has 0 saturated carbocycles. The Morgan fingerprint density at radius 3 is 1.66 bits per heavy atom. The van der Waals surface area contributed by atoms with Gasteiger partial charge in [0.25, 0.3) is 0 Å². The summed E-state index contributed by atoms with van der Waals surface area (Å²) in [4.78, 5) is 0. The highest BCUT2D eigenvalue weighted by Crippen LogP contribution is 2.51. The van der Waals surface area contributed by atoms with E-state index in [4.69, 9.17) is 0 Å². The monoisotopic (exact) mass is 600 g/mol. The van der Waals surface area contributed by atoms with Crippen LogP contribution in [0.15, 0.2) is 158 Å². The Morgan fingerprint density at radius 2 is 0.915 bits per heavy atom. The van der Waals surface area contributed by atoms with Crippen molar-refractivity contribution >= 4 is 43.6 Å². The van der Waals surface area contributed by atoms with E-state index >= 15 is 0 Å². The SMILES string of the molecule is CC1(C)c2ccccc2-c2cc3c4cc(-n5c6ccccc6c6ccccc65)ccc4n(-c4ccc(-c5ccccc5)cc4)c3cc21. The Kier molecular flexibility index (Phi) is 5.37. The zero-order chi connectivity index (χ0) is 31.3. The van der Waals surface area contributed by atoms with Gasteiger partial charge in [-0.3, -0.25) is 0 Å². The van der Waals surface area contributed by atoms with Crippen molar-refractivity contribution in [1.82, 2.24) is 9.13 Å². The van der Waals surface area contributed by atoms with Crippen molar-refractivity contribution in [1.29, 1.82) is 0 Å². The van der Waals surface area contributed by atoms with Crippen LogP contribution in [0.25, 0.3) is 77.2 Å². The maximum Gasteiger partial charge on any atom is 0.0544 e. The van der Waals surface area contributed by atoms with Gasteiger partial charge in [0.05, 0.1) is 22.1 Å². The Bertz CT molecular complexity index is 2630. The molecule has 0 saturated heterocycles.